The summed E-state index contributed by atoms with van der Waals surface area (Å²) in [5, 5.41) is 19.9. The van der Waals surface area contributed by atoms with E-state index in [1.165, 1.54) is 6.08 Å². The molecule has 24 heavy (non-hydrogen) atoms. The summed E-state index contributed by atoms with van der Waals surface area (Å²) in [5.74, 6) is -0.216. The molecule has 0 unspecified atom stereocenters. The van der Waals surface area contributed by atoms with Crippen LogP contribution < -0.4 is 0 Å². The molecule has 0 radical (unpaired) electrons. The van der Waals surface area contributed by atoms with Crippen molar-refractivity contribution in [2.45, 2.75) is 70.2 Å². The van der Waals surface area contributed by atoms with Crippen molar-refractivity contribution < 1.29 is 19.7 Å². The average Bonchev–Trinajstić information content (AvgIpc) is 2.67. The monoisotopic (exact) mass is 334 g/mol. The second kappa shape index (κ2) is 12.7. The molecule has 0 bridgehead atoms. The molecule has 4 heteroatoms. The van der Waals surface area contributed by atoms with Gasteiger partial charge in [0.05, 0.1) is 12.2 Å². The number of carbonyl (C=O) groups is 1. The van der Waals surface area contributed by atoms with Gasteiger partial charge in [0.15, 0.2) is 0 Å². The Bertz CT molecular complexity index is 462. The topological polar surface area (TPSA) is 66.8 Å². The molecule has 1 aliphatic heterocycles. The first-order chi connectivity index (χ1) is 11.6. The molecular weight excluding hydrogens is 304 g/mol. The van der Waals surface area contributed by atoms with Crippen LogP contribution in [0.2, 0.25) is 0 Å². The van der Waals surface area contributed by atoms with Gasteiger partial charge in [0.1, 0.15) is 6.10 Å². The largest absolute Gasteiger partial charge is 0.458 e. The molecule has 134 valence electrons. The quantitative estimate of drug-likeness (QED) is 0.526. The van der Waals surface area contributed by atoms with Crippen LogP contribution in [0.25, 0.3) is 0 Å². The molecule has 0 amide bonds. The van der Waals surface area contributed by atoms with Crippen LogP contribution in [0.3, 0.4) is 0 Å². The number of allylic oxidation sites excluding steroid dienone is 4. The number of hydrogen-bond donors (Lipinski definition) is 2. The Balaban J connectivity index is 2.42. The number of hydrogen-bond acceptors (Lipinski definition) is 4. The Morgan fingerprint density at radius 3 is 2.83 bits per heavy atom. The summed E-state index contributed by atoms with van der Waals surface area (Å²) in [4.78, 5) is 11.6. The smallest absolute Gasteiger partial charge is 0.306 e. The molecule has 0 spiro atoms. The van der Waals surface area contributed by atoms with E-state index in [4.69, 9.17) is 4.74 Å². The number of aliphatic hydroxyl groups excluding tert-OH is 2. The van der Waals surface area contributed by atoms with Gasteiger partial charge in [-0.1, -0.05) is 49.5 Å². The lowest BCUT2D eigenvalue weighted by Crippen LogP contribution is -2.24. The molecule has 0 saturated heterocycles. The lowest BCUT2D eigenvalue weighted by molar-refractivity contribution is -0.146. The van der Waals surface area contributed by atoms with Gasteiger partial charge in [0.2, 0.25) is 0 Å². The molecule has 1 aliphatic rings. The molecular formula is C20H30O4. The van der Waals surface area contributed by atoms with Crippen LogP contribution in [0, 0.1) is 0 Å². The first kappa shape index (κ1) is 20.4. The van der Waals surface area contributed by atoms with E-state index in [1.54, 1.807) is 6.08 Å². The van der Waals surface area contributed by atoms with Gasteiger partial charge in [-0.3, -0.25) is 4.79 Å². The zero-order valence-electron chi connectivity index (χ0n) is 14.5. The minimum absolute atomic E-state index is 0.216. The molecule has 1 heterocycles. The SMILES string of the molecule is CCC=CCC=CC[C@H](O)[C@H](O)/C=C/[C@@H]1CC=CCCCC(=O)O1. The Morgan fingerprint density at radius 1 is 1.25 bits per heavy atom. The van der Waals surface area contributed by atoms with Crippen molar-refractivity contribution in [3.05, 3.63) is 48.6 Å². The lowest BCUT2D eigenvalue weighted by atomic mass is 10.1. The molecule has 3 atom stereocenters. The molecule has 0 saturated carbocycles. The predicted molar refractivity (Wildman–Crippen MR) is 96.4 cm³/mol. The van der Waals surface area contributed by atoms with Gasteiger partial charge >= 0.3 is 5.97 Å². The predicted octanol–water partition coefficient (Wildman–Crippen LogP) is 3.61. The molecule has 0 aliphatic carbocycles. The minimum atomic E-state index is -0.976. The van der Waals surface area contributed by atoms with E-state index in [0.29, 0.717) is 19.3 Å². The van der Waals surface area contributed by atoms with E-state index < -0.39 is 12.2 Å². The van der Waals surface area contributed by atoms with E-state index in [2.05, 4.69) is 19.1 Å². The lowest BCUT2D eigenvalue weighted by Gasteiger charge is -2.15. The summed E-state index contributed by atoms with van der Waals surface area (Å²) < 4.78 is 5.35. The number of ether oxygens (including phenoxy) is 1. The molecule has 0 aromatic heterocycles. The number of aliphatic hydroxyl groups is 2. The van der Waals surface area contributed by atoms with Crippen molar-refractivity contribution in [3.8, 4) is 0 Å². The summed E-state index contributed by atoms with van der Waals surface area (Å²) in [5.41, 5.74) is 0. The van der Waals surface area contributed by atoms with Gasteiger partial charge in [-0.2, -0.15) is 0 Å². The summed E-state index contributed by atoms with van der Waals surface area (Å²) in [6, 6.07) is 0. The maximum Gasteiger partial charge on any atom is 0.306 e. The van der Waals surface area contributed by atoms with Gasteiger partial charge < -0.3 is 14.9 Å². The van der Waals surface area contributed by atoms with Crippen LogP contribution in [0.1, 0.15) is 51.9 Å². The number of cyclic esters (lactones) is 1. The molecule has 1 rings (SSSR count). The number of rotatable bonds is 8. The van der Waals surface area contributed by atoms with Crippen LogP contribution in [0.15, 0.2) is 48.6 Å². The first-order valence-electron chi connectivity index (χ1n) is 8.82. The van der Waals surface area contributed by atoms with E-state index >= 15 is 0 Å². The third-order valence-electron chi connectivity index (χ3n) is 3.71. The number of carbonyl (C=O) groups excluding carboxylic acids is 1. The maximum absolute atomic E-state index is 11.6. The van der Waals surface area contributed by atoms with Gasteiger partial charge in [-0.05, 0) is 38.2 Å². The molecule has 0 aromatic rings. The van der Waals surface area contributed by atoms with Gasteiger partial charge in [-0.25, -0.2) is 0 Å². The van der Waals surface area contributed by atoms with Gasteiger partial charge in [-0.15, -0.1) is 0 Å². The zero-order valence-corrected chi connectivity index (χ0v) is 14.5. The fourth-order valence-electron chi connectivity index (χ4n) is 2.28. The Hall–Kier alpha value is -1.65. The fourth-order valence-corrected chi connectivity index (χ4v) is 2.28. The second-order valence-corrected chi connectivity index (χ2v) is 5.89. The second-order valence-electron chi connectivity index (χ2n) is 5.89. The van der Waals surface area contributed by atoms with E-state index in [0.717, 1.165) is 25.7 Å². The minimum Gasteiger partial charge on any atom is -0.458 e. The van der Waals surface area contributed by atoms with Gasteiger partial charge in [0, 0.05) is 12.8 Å². The summed E-state index contributed by atoms with van der Waals surface area (Å²) in [7, 11) is 0. The Morgan fingerprint density at radius 2 is 2.04 bits per heavy atom. The van der Waals surface area contributed by atoms with Crippen LogP contribution in [-0.4, -0.2) is 34.5 Å². The normalized spacial score (nSPS) is 22.5. The third kappa shape index (κ3) is 9.48. The van der Waals surface area contributed by atoms with E-state index in [-0.39, 0.29) is 12.1 Å². The molecule has 0 fully saturated rings. The summed E-state index contributed by atoms with van der Waals surface area (Å²) >= 11 is 0. The molecule has 4 nitrogen and oxygen atoms in total. The van der Waals surface area contributed by atoms with E-state index in [1.807, 2.05) is 24.3 Å². The van der Waals surface area contributed by atoms with Crippen LogP contribution in [-0.2, 0) is 9.53 Å². The highest BCUT2D eigenvalue weighted by Crippen LogP contribution is 2.12. The summed E-state index contributed by atoms with van der Waals surface area (Å²) in [6.45, 7) is 2.08. The van der Waals surface area contributed by atoms with Crippen molar-refractivity contribution in [1.29, 1.82) is 0 Å². The van der Waals surface area contributed by atoms with Crippen LogP contribution in [0.4, 0.5) is 0 Å². The zero-order chi connectivity index (χ0) is 17.6. The standard InChI is InChI=1S/C20H30O4/c1-2-3-4-5-6-10-13-18(21)19(22)16-15-17-12-9-7-8-11-14-20(23)24-17/h3-4,6-7,9-10,15-19,21-22H,2,5,8,11-14H2,1H3/b4-3?,9-7?,10-6?,16-15+/t17-,18-,19+/m0/s1. The van der Waals surface area contributed by atoms with E-state index in [9.17, 15) is 15.0 Å². The van der Waals surface area contributed by atoms with Gasteiger partial charge in [0.25, 0.3) is 0 Å². The van der Waals surface area contributed by atoms with Crippen LogP contribution in [0.5, 0.6) is 0 Å². The average molecular weight is 334 g/mol. The number of esters is 1. The Labute approximate surface area is 145 Å². The fraction of sp³-hybridized carbons (Fsp3) is 0.550. The van der Waals surface area contributed by atoms with Crippen LogP contribution >= 0.6 is 0 Å². The Kier molecular flexibility index (Phi) is 10.8. The third-order valence-corrected chi connectivity index (χ3v) is 3.71. The maximum atomic E-state index is 11.6. The molecule has 2 N–H and O–H groups in total. The highest BCUT2D eigenvalue weighted by molar-refractivity contribution is 5.69. The van der Waals surface area contributed by atoms with Crippen molar-refractivity contribution in [1.82, 2.24) is 0 Å². The van der Waals surface area contributed by atoms with Crippen molar-refractivity contribution in [2.24, 2.45) is 0 Å². The first-order valence-corrected chi connectivity index (χ1v) is 8.82. The van der Waals surface area contributed by atoms with Crippen molar-refractivity contribution >= 4 is 5.97 Å². The van der Waals surface area contributed by atoms with Crippen molar-refractivity contribution in [3.63, 3.8) is 0 Å². The van der Waals surface area contributed by atoms with Crippen molar-refractivity contribution in [2.75, 3.05) is 0 Å². The molecule has 0 aromatic carbocycles. The summed E-state index contributed by atoms with van der Waals surface area (Å²) in [6.07, 6.45) is 17.9. The highest BCUT2D eigenvalue weighted by Gasteiger charge is 2.15. The highest BCUT2D eigenvalue weighted by atomic mass is 16.5.